The Morgan fingerprint density at radius 1 is 1.16 bits per heavy atom. The number of hydrogen-bond donors (Lipinski definition) is 0. The van der Waals surface area contributed by atoms with Crippen molar-refractivity contribution in [2.24, 2.45) is 0 Å². The molecule has 0 amide bonds. The number of fused-ring (bicyclic) bond motifs is 1. The summed E-state index contributed by atoms with van der Waals surface area (Å²) in [5, 5.41) is 2.57. The second-order valence-electron chi connectivity index (χ2n) is 4.83. The Kier molecular flexibility index (Phi) is 3.15. The molecule has 0 N–H and O–H groups in total. The predicted molar refractivity (Wildman–Crippen MR) is 79.8 cm³/mol. The summed E-state index contributed by atoms with van der Waals surface area (Å²) in [5.41, 5.74) is 2.56. The first-order valence-corrected chi connectivity index (χ1v) is 6.43. The molecule has 3 rings (SSSR count). The van der Waals surface area contributed by atoms with E-state index in [0.717, 1.165) is 6.54 Å². The maximum absolute atomic E-state index is 4.06. The zero-order valence-electron chi connectivity index (χ0n) is 11.0. The fourth-order valence-electron chi connectivity index (χ4n) is 2.30. The zero-order valence-corrected chi connectivity index (χ0v) is 11.0. The molecule has 19 heavy (non-hydrogen) atoms. The molecule has 1 aromatic heterocycles. The van der Waals surface area contributed by atoms with Crippen LogP contribution in [0.3, 0.4) is 0 Å². The van der Waals surface area contributed by atoms with Crippen LogP contribution in [0.1, 0.15) is 12.5 Å². The molecule has 0 aliphatic heterocycles. The molecule has 0 fully saturated rings. The molecule has 1 heterocycles. The highest BCUT2D eigenvalue weighted by molar-refractivity contribution is 5.84. The minimum absolute atomic E-state index is 0.882. The van der Waals surface area contributed by atoms with Crippen molar-refractivity contribution in [1.29, 1.82) is 0 Å². The fourth-order valence-corrected chi connectivity index (χ4v) is 2.30. The molecule has 2 heteroatoms. The second kappa shape index (κ2) is 5.11. The maximum atomic E-state index is 4.06. The topological polar surface area (TPSA) is 17.8 Å². The average molecular weight is 248 g/mol. The number of rotatable bonds is 3. The van der Waals surface area contributed by atoms with Crippen LogP contribution in [0.25, 0.3) is 16.8 Å². The van der Waals surface area contributed by atoms with Crippen molar-refractivity contribution in [3.05, 3.63) is 72.3 Å². The van der Waals surface area contributed by atoms with Crippen LogP contribution in [0, 0.1) is 0 Å². The molecule has 0 unspecified atom stereocenters. The molecule has 0 saturated heterocycles. The van der Waals surface area contributed by atoms with E-state index in [0.29, 0.717) is 0 Å². The van der Waals surface area contributed by atoms with E-state index in [1.807, 2.05) is 18.7 Å². The van der Waals surface area contributed by atoms with E-state index in [9.17, 15) is 0 Å². The van der Waals surface area contributed by atoms with Gasteiger partial charge in [-0.3, -0.25) is 0 Å². The van der Waals surface area contributed by atoms with E-state index in [1.54, 1.807) is 0 Å². The van der Waals surface area contributed by atoms with Gasteiger partial charge in [0.2, 0.25) is 0 Å². The third-order valence-electron chi connectivity index (χ3n) is 3.18. The number of hydrogen-bond acceptors (Lipinski definition) is 1. The van der Waals surface area contributed by atoms with Gasteiger partial charge in [-0.05, 0) is 29.3 Å². The summed E-state index contributed by atoms with van der Waals surface area (Å²) >= 11 is 0. The summed E-state index contributed by atoms with van der Waals surface area (Å²) in [6.45, 7) is 3.03. The Morgan fingerprint density at radius 3 is 2.79 bits per heavy atom. The van der Waals surface area contributed by atoms with Crippen LogP contribution >= 0.6 is 0 Å². The first-order chi connectivity index (χ1) is 9.31. The Labute approximate surface area is 113 Å². The third kappa shape index (κ3) is 2.74. The van der Waals surface area contributed by atoms with Gasteiger partial charge in [-0.1, -0.05) is 48.0 Å². The molecule has 0 radical (unpaired) electrons. The van der Waals surface area contributed by atoms with Crippen LogP contribution in [0.2, 0.25) is 0 Å². The first kappa shape index (κ1) is 11.7. The lowest BCUT2D eigenvalue weighted by Gasteiger charge is -2.04. The van der Waals surface area contributed by atoms with Crippen LogP contribution in [0.15, 0.2) is 66.8 Å². The highest BCUT2D eigenvalue weighted by Gasteiger charge is 1.96. The largest absolute Gasteiger partial charge is 0.333 e. The summed E-state index contributed by atoms with van der Waals surface area (Å²) in [7, 11) is 0. The van der Waals surface area contributed by atoms with Gasteiger partial charge in [0, 0.05) is 18.9 Å². The van der Waals surface area contributed by atoms with Gasteiger partial charge in [0.15, 0.2) is 0 Å². The summed E-state index contributed by atoms with van der Waals surface area (Å²) in [6.07, 6.45) is 7.87. The Balaban J connectivity index is 1.87. The van der Waals surface area contributed by atoms with Gasteiger partial charge in [-0.25, -0.2) is 4.98 Å². The van der Waals surface area contributed by atoms with Gasteiger partial charge in [0.1, 0.15) is 0 Å². The number of imidazole rings is 1. The van der Waals surface area contributed by atoms with Crippen LogP contribution in [-0.2, 0) is 6.54 Å². The van der Waals surface area contributed by atoms with Crippen molar-refractivity contribution < 1.29 is 0 Å². The van der Waals surface area contributed by atoms with Crippen LogP contribution < -0.4 is 0 Å². The van der Waals surface area contributed by atoms with Gasteiger partial charge in [0.25, 0.3) is 0 Å². The van der Waals surface area contributed by atoms with E-state index < -0.39 is 0 Å². The predicted octanol–water partition coefficient (Wildman–Crippen LogP) is 4.14. The van der Waals surface area contributed by atoms with Crippen molar-refractivity contribution in [2.75, 3.05) is 0 Å². The molecular weight excluding hydrogens is 232 g/mol. The SMILES string of the molecule is CC(=Cc1ccc2ccccc2c1)Cn1ccnc1. The average Bonchev–Trinajstić information content (AvgIpc) is 2.91. The summed E-state index contributed by atoms with van der Waals surface area (Å²) in [5.74, 6) is 0. The lowest BCUT2D eigenvalue weighted by atomic mass is 10.1. The van der Waals surface area contributed by atoms with Gasteiger partial charge in [0.05, 0.1) is 6.33 Å². The minimum atomic E-state index is 0.882. The maximum Gasteiger partial charge on any atom is 0.0948 e. The zero-order chi connectivity index (χ0) is 13.1. The monoisotopic (exact) mass is 248 g/mol. The van der Waals surface area contributed by atoms with Crippen molar-refractivity contribution in [2.45, 2.75) is 13.5 Å². The highest BCUT2D eigenvalue weighted by atomic mass is 15.0. The quantitative estimate of drug-likeness (QED) is 0.681. The molecule has 2 aromatic carbocycles. The minimum Gasteiger partial charge on any atom is -0.333 e. The van der Waals surface area contributed by atoms with E-state index in [-0.39, 0.29) is 0 Å². The van der Waals surface area contributed by atoms with Crippen molar-refractivity contribution >= 4 is 16.8 Å². The number of aromatic nitrogens is 2. The molecule has 0 aliphatic rings. The summed E-state index contributed by atoms with van der Waals surface area (Å²) < 4.78 is 2.08. The lowest BCUT2D eigenvalue weighted by Crippen LogP contribution is -1.95. The Bertz CT molecular complexity index is 709. The second-order valence-corrected chi connectivity index (χ2v) is 4.83. The molecular formula is C17H16N2. The molecule has 0 spiro atoms. The Hall–Kier alpha value is -2.35. The molecule has 0 bridgehead atoms. The molecule has 0 atom stereocenters. The number of nitrogens with zero attached hydrogens (tertiary/aromatic N) is 2. The summed E-state index contributed by atoms with van der Waals surface area (Å²) in [4.78, 5) is 4.06. The number of benzene rings is 2. The first-order valence-electron chi connectivity index (χ1n) is 6.43. The van der Waals surface area contributed by atoms with Crippen LogP contribution in [-0.4, -0.2) is 9.55 Å². The highest BCUT2D eigenvalue weighted by Crippen LogP contribution is 2.17. The van der Waals surface area contributed by atoms with Gasteiger partial charge in [-0.15, -0.1) is 0 Å². The van der Waals surface area contributed by atoms with E-state index in [1.165, 1.54) is 21.9 Å². The normalized spacial score (nSPS) is 11.9. The molecule has 0 saturated carbocycles. The van der Waals surface area contributed by atoms with Crippen molar-refractivity contribution in [3.8, 4) is 0 Å². The van der Waals surface area contributed by atoms with E-state index >= 15 is 0 Å². The van der Waals surface area contributed by atoms with Gasteiger partial charge >= 0.3 is 0 Å². The van der Waals surface area contributed by atoms with Crippen molar-refractivity contribution in [1.82, 2.24) is 9.55 Å². The van der Waals surface area contributed by atoms with Gasteiger partial charge < -0.3 is 4.57 Å². The van der Waals surface area contributed by atoms with E-state index in [2.05, 4.69) is 65.0 Å². The van der Waals surface area contributed by atoms with Crippen LogP contribution in [0.4, 0.5) is 0 Å². The van der Waals surface area contributed by atoms with E-state index in [4.69, 9.17) is 0 Å². The van der Waals surface area contributed by atoms with Crippen LogP contribution in [0.5, 0.6) is 0 Å². The van der Waals surface area contributed by atoms with Gasteiger partial charge in [-0.2, -0.15) is 0 Å². The lowest BCUT2D eigenvalue weighted by molar-refractivity contribution is 0.786. The molecule has 3 aromatic rings. The summed E-state index contributed by atoms with van der Waals surface area (Å²) in [6, 6.07) is 15.0. The van der Waals surface area contributed by atoms with Crippen molar-refractivity contribution in [3.63, 3.8) is 0 Å². The smallest absolute Gasteiger partial charge is 0.0948 e. The Morgan fingerprint density at radius 2 is 2.00 bits per heavy atom. The molecule has 0 aliphatic carbocycles. The molecule has 94 valence electrons. The fraction of sp³-hybridized carbons (Fsp3) is 0.118. The number of allylic oxidation sites excluding steroid dienone is 1. The third-order valence-corrected chi connectivity index (χ3v) is 3.18. The standard InChI is InChI=1S/C17H16N2/c1-14(12-19-9-8-18-13-19)10-15-6-7-16-4-2-3-5-17(16)11-15/h2-11,13H,12H2,1H3. The molecule has 2 nitrogen and oxygen atoms in total.